The Balaban J connectivity index is 1.29. The molecule has 3 aromatic rings. The average molecular weight is 393 g/mol. The van der Waals surface area contributed by atoms with Crippen LogP contribution in [0.25, 0.3) is 16.5 Å². The Morgan fingerprint density at radius 3 is 2.86 bits per heavy atom. The van der Waals surface area contributed by atoms with Crippen molar-refractivity contribution >= 4 is 34.2 Å². The van der Waals surface area contributed by atoms with Crippen molar-refractivity contribution < 1.29 is 9.90 Å². The molecule has 0 spiro atoms. The number of nitrogens with one attached hydrogen (secondary N) is 2. The van der Waals surface area contributed by atoms with Crippen LogP contribution in [0.5, 0.6) is 0 Å². The van der Waals surface area contributed by atoms with Gasteiger partial charge in [-0.25, -0.2) is 4.79 Å². The van der Waals surface area contributed by atoms with Gasteiger partial charge in [0.05, 0.1) is 5.56 Å². The Kier molecular flexibility index (Phi) is 5.84. The molecule has 28 heavy (non-hydrogen) atoms. The molecule has 0 radical (unpaired) electrons. The monoisotopic (exact) mass is 392 g/mol. The predicted octanol–water partition coefficient (Wildman–Crippen LogP) is 4.93. The lowest BCUT2D eigenvalue weighted by Crippen LogP contribution is -2.33. The molecule has 0 bridgehead atoms. The van der Waals surface area contributed by atoms with Crippen molar-refractivity contribution in [1.29, 1.82) is 0 Å². The van der Waals surface area contributed by atoms with Crippen molar-refractivity contribution in [3.05, 3.63) is 77.5 Å². The largest absolute Gasteiger partial charge is 0.478 e. The Morgan fingerprint density at radius 2 is 2.04 bits per heavy atom. The molecule has 0 aliphatic carbocycles. The summed E-state index contributed by atoms with van der Waals surface area (Å²) < 4.78 is 0. The van der Waals surface area contributed by atoms with Crippen LogP contribution in [0.3, 0.4) is 0 Å². The van der Waals surface area contributed by atoms with Gasteiger partial charge in [-0.05, 0) is 47.4 Å². The number of H-pyrrole nitrogens is 1. The summed E-state index contributed by atoms with van der Waals surface area (Å²) in [5, 5.41) is 13.8. The number of rotatable bonds is 7. The Hall–Kier alpha value is -2.50. The highest BCUT2D eigenvalue weighted by Crippen LogP contribution is 2.27. The van der Waals surface area contributed by atoms with Crippen LogP contribution in [-0.4, -0.2) is 34.4 Å². The maximum Gasteiger partial charge on any atom is 0.335 e. The zero-order valence-corrected chi connectivity index (χ0v) is 16.5. The van der Waals surface area contributed by atoms with Crippen molar-refractivity contribution in [2.45, 2.75) is 24.6 Å². The highest BCUT2D eigenvalue weighted by molar-refractivity contribution is 7.98. The standard InChI is InChI=1S/C23H24N2O2S/c26-23(27)18-6-7-21-19(14-25-22(21)13-18)15-28-11-9-20-12-17(8-10-24-20)16-4-2-1-3-5-16/h1-8,13-14,20,24-25H,9-12,15H2,(H,26,27). The number of aromatic amines is 1. The summed E-state index contributed by atoms with van der Waals surface area (Å²) in [6, 6.07) is 16.5. The number of hydrogen-bond donors (Lipinski definition) is 3. The number of hydrogen-bond acceptors (Lipinski definition) is 3. The molecule has 0 saturated carbocycles. The van der Waals surface area contributed by atoms with Crippen LogP contribution in [0.1, 0.15) is 34.3 Å². The van der Waals surface area contributed by atoms with E-state index in [1.807, 2.05) is 24.0 Å². The van der Waals surface area contributed by atoms with Gasteiger partial charge >= 0.3 is 5.97 Å². The lowest BCUT2D eigenvalue weighted by molar-refractivity contribution is 0.0697. The van der Waals surface area contributed by atoms with Crippen LogP contribution in [0.15, 0.2) is 60.8 Å². The molecule has 4 rings (SSSR count). The number of carbonyl (C=O) groups is 1. The number of carboxylic acid groups (broad SMARTS) is 1. The Labute approximate surface area is 169 Å². The van der Waals surface area contributed by atoms with E-state index < -0.39 is 5.97 Å². The summed E-state index contributed by atoms with van der Waals surface area (Å²) >= 11 is 1.93. The first-order valence-electron chi connectivity index (χ1n) is 9.59. The third-order valence-electron chi connectivity index (χ3n) is 5.25. The van der Waals surface area contributed by atoms with Gasteiger partial charge in [0, 0.05) is 35.4 Å². The van der Waals surface area contributed by atoms with Crippen molar-refractivity contribution in [2.75, 3.05) is 12.3 Å². The minimum atomic E-state index is -0.892. The summed E-state index contributed by atoms with van der Waals surface area (Å²) in [4.78, 5) is 14.3. The van der Waals surface area contributed by atoms with Gasteiger partial charge in [0.2, 0.25) is 0 Å². The number of aromatic carboxylic acids is 1. The van der Waals surface area contributed by atoms with Gasteiger partial charge in [0.1, 0.15) is 0 Å². The predicted molar refractivity (Wildman–Crippen MR) is 117 cm³/mol. The van der Waals surface area contributed by atoms with E-state index in [1.54, 1.807) is 12.1 Å². The first-order chi connectivity index (χ1) is 13.7. The smallest absolute Gasteiger partial charge is 0.335 e. The van der Waals surface area contributed by atoms with Crippen LogP contribution in [0, 0.1) is 0 Å². The van der Waals surface area contributed by atoms with E-state index in [-0.39, 0.29) is 0 Å². The fourth-order valence-corrected chi connectivity index (χ4v) is 4.76. The molecule has 144 valence electrons. The van der Waals surface area contributed by atoms with E-state index in [2.05, 4.69) is 46.7 Å². The molecule has 1 unspecified atom stereocenters. The first-order valence-corrected chi connectivity index (χ1v) is 10.7. The van der Waals surface area contributed by atoms with E-state index in [0.29, 0.717) is 11.6 Å². The summed E-state index contributed by atoms with van der Waals surface area (Å²) in [7, 11) is 0. The van der Waals surface area contributed by atoms with Gasteiger partial charge in [0.25, 0.3) is 0 Å². The molecular weight excluding hydrogens is 368 g/mol. The molecule has 1 aromatic heterocycles. The van der Waals surface area contributed by atoms with E-state index in [0.717, 1.165) is 41.8 Å². The van der Waals surface area contributed by atoms with Gasteiger partial charge in [-0.2, -0.15) is 11.8 Å². The fourth-order valence-electron chi connectivity index (χ4n) is 3.71. The van der Waals surface area contributed by atoms with Gasteiger partial charge in [-0.15, -0.1) is 0 Å². The van der Waals surface area contributed by atoms with Gasteiger partial charge < -0.3 is 15.4 Å². The molecule has 0 amide bonds. The van der Waals surface area contributed by atoms with Crippen LogP contribution in [0.2, 0.25) is 0 Å². The second-order valence-corrected chi connectivity index (χ2v) is 8.23. The van der Waals surface area contributed by atoms with Gasteiger partial charge in [-0.3, -0.25) is 0 Å². The van der Waals surface area contributed by atoms with Crippen LogP contribution < -0.4 is 5.32 Å². The van der Waals surface area contributed by atoms with E-state index in [1.165, 1.54) is 16.7 Å². The maximum absolute atomic E-state index is 11.1. The second kappa shape index (κ2) is 8.67. The molecular formula is C23H24N2O2S. The summed E-state index contributed by atoms with van der Waals surface area (Å²) in [5.74, 6) is 1.14. The zero-order chi connectivity index (χ0) is 19.3. The molecule has 5 heteroatoms. The molecule has 0 saturated heterocycles. The van der Waals surface area contributed by atoms with E-state index in [4.69, 9.17) is 5.11 Å². The molecule has 1 atom stereocenters. The summed E-state index contributed by atoms with van der Waals surface area (Å²) in [6.45, 7) is 0.938. The molecule has 2 aromatic carbocycles. The molecule has 2 heterocycles. The third kappa shape index (κ3) is 4.32. The molecule has 3 N–H and O–H groups in total. The van der Waals surface area contributed by atoms with Crippen molar-refractivity contribution in [3.63, 3.8) is 0 Å². The number of fused-ring (bicyclic) bond motifs is 1. The van der Waals surface area contributed by atoms with E-state index in [9.17, 15) is 4.79 Å². The van der Waals surface area contributed by atoms with Gasteiger partial charge in [-0.1, -0.05) is 42.5 Å². The summed E-state index contributed by atoms with van der Waals surface area (Å²) in [5.41, 5.74) is 5.22. The zero-order valence-electron chi connectivity index (χ0n) is 15.7. The Morgan fingerprint density at radius 1 is 1.18 bits per heavy atom. The van der Waals surface area contributed by atoms with Crippen LogP contribution >= 0.6 is 11.8 Å². The summed E-state index contributed by atoms with van der Waals surface area (Å²) in [6.07, 6.45) is 6.52. The van der Waals surface area contributed by atoms with Crippen molar-refractivity contribution in [2.24, 2.45) is 0 Å². The molecule has 1 aliphatic heterocycles. The molecule has 4 nitrogen and oxygen atoms in total. The quantitative estimate of drug-likeness (QED) is 0.499. The van der Waals surface area contributed by atoms with E-state index >= 15 is 0 Å². The lowest BCUT2D eigenvalue weighted by Gasteiger charge is -2.24. The SMILES string of the molecule is O=C(O)c1ccc2c(CSCCC3CC(c4ccccc4)=CCN3)c[nH]c2c1. The molecule has 1 aliphatic rings. The van der Waals surface area contributed by atoms with Gasteiger partial charge in [0.15, 0.2) is 0 Å². The topological polar surface area (TPSA) is 65.1 Å². The number of carboxylic acids is 1. The van der Waals surface area contributed by atoms with Crippen molar-refractivity contribution in [3.8, 4) is 0 Å². The average Bonchev–Trinajstić information content (AvgIpc) is 3.14. The third-order valence-corrected chi connectivity index (χ3v) is 6.29. The maximum atomic E-state index is 11.1. The fraction of sp³-hybridized carbons (Fsp3) is 0.261. The van der Waals surface area contributed by atoms with Crippen molar-refractivity contribution in [1.82, 2.24) is 10.3 Å². The van der Waals surface area contributed by atoms with Crippen LogP contribution in [-0.2, 0) is 5.75 Å². The normalized spacial score (nSPS) is 16.9. The minimum Gasteiger partial charge on any atom is -0.478 e. The number of aromatic nitrogens is 1. The minimum absolute atomic E-state index is 0.319. The van der Waals surface area contributed by atoms with Crippen LogP contribution in [0.4, 0.5) is 0 Å². The second-order valence-electron chi connectivity index (χ2n) is 7.13. The number of benzene rings is 2. The first kappa shape index (κ1) is 18.8. The molecule has 0 fully saturated rings. The highest BCUT2D eigenvalue weighted by atomic mass is 32.2. The Bertz CT molecular complexity index is 994. The lowest BCUT2D eigenvalue weighted by atomic mass is 9.94. The highest BCUT2D eigenvalue weighted by Gasteiger charge is 2.16. The number of thioether (sulfide) groups is 1.